The van der Waals surface area contributed by atoms with E-state index in [9.17, 15) is 0 Å². The molecule has 0 aliphatic heterocycles. The van der Waals surface area contributed by atoms with E-state index in [2.05, 4.69) is 64.1 Å². The molecular weight excluding hydrogens is 216 g/mol. The Kier molecular flexibility index (Phi) is 2.55. The Morgan fingerprint density at radius 1 is 0.611 bits per heavy atom. The highest BCUT2D eigenvalue weighted by molar-refractivity contribution is 5.53. The van der Waals surface area contributed by atoms with Gasteiger partial charge in [-0.1, -0.05) is 61.4 Å². The summed E-state index contributed by atoms with van der Waals surface area (Å²) in [6.45, 7) is 9.03. The van der Waals surface area contributed by atoms with Gasteiger partial charge in [0, 0.05) is 11.8 Å². The molecule has 92 valence electrons. The predicted molar refractivity (Wildman–Crippen MR) is 77.4 cm³/mol. The van der Waals surface area contributed by atoms with Crippen LogP contribution in [0.3, 0.4) is 0 Å². The molecule has 0 spiro atoms. The monoisotopic (exact) mass is 236 g/mol. The lowest BCUT2D eigenvalue weighted by molar-refractivity contribution is 0.769. The fraction of sp³-hybridized carbons (Fsp3) is 0.333. The molecule has 0 N–H and O–H groups in total. The molecule has 0 aromatic heterocycles. The van der Waals surface area contributed by atoms with Gasteiger partial charge in [-0.2, -0.15) is 0 Å². The van der Waals surface area contributed by atoms with Gasteiger partial charge in [0.25, 0.3) is 0 Å². The van der Waals surface area contributed by atoms with Crippen molar-refractivity contribution in [2.24, 2.45) is 0 Å². The maximum atomic E-state index is 2.36. The normalized spacial score (nSPS) is 21.3. The van der Waals surface area contributed by atoms with Gasteiger partial charge in [0.1, 0.15) is 0 Å². The summed E-state index contributed by atoms with van der Waals surface area (Å²) in [7, 11) is 0. The molecule has 0 heterocycles. The Labute approximate surface area is 110 Å². The quantitative estimate of drug-likeness (QED) is 0.609. The maximum Gasteiger partial charge on any atom is 0.00671 e. The second kappa shape index (κ2) is 3.98. The van der Waals surface area contributed by atoms with E-state index in [4.69, 9.17) is 0 Å². The third-order valence-electron chi connectivity index (χ3n) is 4.35. The summed E-state index contributed by atoms with van der Waals surface area (Å²) < 4.78 is 0. The third kappa shape index (κ3) is 1.59. The van der Waals surface area contributed by atoms with Gasteiger partial charge in [-0.25, -0.2) is 0 Å². The first kappa shape index (κ1) is 11.5. The van der Waals surface area contributed by atoms with E-state index in [0.29, 0.717) is 11.8 Å². The zero-order chi connectivity index (χ0) is 12.9. The van der Waals surface area contributed by atoms with Crippen molar-refractivity contribution in [3.63, 3.8) is 0 Å². The van der Waals surface area contributed by atoms with Crippen LogP contribution in [0, 0.1) is 13.8 Å². The second-order valence-corrected chi connectivity index (χ2v) is 5.71. The molecule has 0 bridgehead atoms. The molecule has 2 aromatic rings. The first-order valence-corrected chi connectivity index (χ1v) is 6.79. The topological polar surface area (TPSA) is 0 Å². The lowest BCUT2D eigenvalue weighted by Crippen LogP contribution is -2.15. The van der Waals surface area contributed by atoms with E-state index in [1.165, 1.54) is 33.4 Å². The molecule has 0 atom stereocenters. The highest BCUT2D eigenvalue weighted by Gasteiger charge is 2.27. The van der Waals surface area contributed by atoms with Gasteiger partial charge in [0.05, 0.1) is 0 Å². The highest BCUT2D eigenvalue weighted by Crippen LogP contribution is 2.43. The van der Waals surface area contributed by atoms with Crippen LogP contribution in [0.5, 0.6) is 0 Å². The van der Waals surface area contributed by atoms with E-state index >= 15 is 0 Å². The summed E-state index contributed by atoms with van der Waals surface area (Å²) in [6, 6.07) is 13.8. The molecule has 0 heteroatoms. The van der Waals surface area contributed by atoms with Crippen molar-refractivity contribution in [1.82, 2.24) is 0 Å². The van der Waals surface area contributed by atoms with E-state index in [0.717, 1.165) is 0 Å². The minimum atomic E-state index is 0.519. The van der Waals surface area contributed by atoms with Crippen LogP contribution in [0.1, 0.15) is 59.1 Å². The smallest absolute Gasteiger partial charge is 0.00671 e. The molecule has 0 unspecified atom stereocenters. The predicted octanol–water partition coefficient (Wildman–Crippen LogP) is 4.92. The third-order valence-corrected chi connectivity index (χ3v) is 4.35. The number of benzene rings is 2. The summed E-state index contributed by atoms with van der Waals surface area (Å²) in [5.41, 5.74) is 8.77. The van der Waals surface area contributed by atoms with Crippen molar-refractivity contribution in [1.29, 1.82) is 0 Å². The maximum absolute atomic E-state index is 2.36. The van der Waals surface area contributed by atoms with E-state index in [1.807, 2.05) is 0 Å². The minimum absolute atomic E-state index is 0.519. The molecule has 18 heavy (non-hydrogen) atoms. The van der Waals surface area contributed by atoms with Crippen molar-refractivity contribution >= 4 is 0 Å². The average Bonchev–Trinajstić information content (AvgIpc) is 2.35. The van der Waals surface area contributed by atoms with Crippen LogP contribution in [0.4, 0.5) is 0 Å². The largest absolute Gasteiger partial charge is 0.0590 e. The van der Waals surface area contributed by atoms with Crippen molar-refractivity contribution in [3.8, 4) is 0 Å². The van der Waals surface area contributed by atoms with Crippen LogP contribution in [0.2, 0.25) is 0 Å². The molecule has 2 aromatic carbocycles. The molecule has 0 fully saturated rings. The van der Waals surface area contributed by atoms with Crippen LogP contribution < -0.4 is 0 Å². The molecule has 0 amide bonds. The molecule has 0 saturated heterocycles. The van der Waals surface area contributed by atoms with Crippen LogP contribution in [0.25, 0.3) is 0 Å². The molecule has 0 nitrogen and oxygen atoms in total. The van der Waals surface area contributed by atoms with Gasteiger partial charge < -0.3 is 0 Å². The summed E-state index contributed by atoms with van der Waals surface area (Å²) in [6.07, 6.45) is 0. The highest BCUT2D eigenvalue weighted by atomic mass is 14.3. The van der Waals surface area contributed by atoms with Gasteiger partial charge >= 0.3 is 0 Å². The van der Waals surface area contributed by atoms with E-state index < -0.39 is 0 Å². The SMILES string of the molecule is Cc1ccc2c(c1)C(C)c1cc(C)ccc1C2C. The average molecular weight is 236 g/mol. The molecule has 1 aliphatic carbocycles. The minimum Gasteiger partial charge on any atom is -0.0590 e. The molecule has 3 rings (SSSR count). The summed E-state index contributed by atoms with van der Waals surface area (Å²) in [5.74, 6) is 1.04. The number of rotatable bonds is 0. The van der Waals surface area contributed by atoms with Crippen LogP contribution >= 0.6 is 0 Å². The lowest BCUT2D eigenvalue weighted by Gasteiger charge is -2.31. The standard InChI is InChI=1S/C18H20/c1-11-5-7-15-13(3)16-8-6-12(2)10-18(16)14(4)17(15)9-11/h5-10,13-14H,1-4H3. The fourth-order valence-corrected chi connectivity index (χ4v) is 3.26. The zero-order valence-corrected chi connectivity index (χ0v) is 11.6. The van der Waals surface area contributed by atoms with Crippen molar-refractivity contribution in [2.45, 2.75) is 39.5 Å². The van der Waals surface area contributed by atoms with Crippen LogP contribution in [-0.4, -0.2) is 0 Å². The van der Waals surface area contributed by atoms with Crippen molar-refractivity contribution in [2.75, 3.05) is 0 Å². The fourth-order valence-electron chi connectivity index (χ4n) is 3.26. The van der Waals surface area contributed by atoms with Crippen molar-refractivity contribution in [3.05, 3.63) is 69.8 Å². The molecule has 0 saturated carbocycles. The van der Waals surface area contributed by atoms with E-state index in [1.54, 1.807) is 0 Å². The number of fused-ring (bicyclic) bond motifs is 2. The molecular formula is C18H20. The number of aryl methyl sites for hydroxylation is 2. The van der Waals surface area contributed by atoms with Gasteiger partial charge in [0.15, 0.2) is 0 Å². The lowest BCUT2D eigenvalue weighted by atomic mass is 9.73. The van der Waals surface area contributed by atoms with E-state index in [-0.39, 0.29) is 0 Å². The first-order valence-electron chi connectivity index (χ1n) is 6.79. The Bertz CT molecular complexity index is 554. The second-order valence-electron chi connectivity index (χ2n) is 5.71. The first-order chi connectivity index (χ1) is 8.58. The number of hydrogen-bond acceptors (Lipinski definition) is 0. The van der Waals surface area contributed by atoms with Gasteiger partial charge in [0.2, 0.25) is 0 Å². The Balaban J connectivity index is 2.25. The van der Waals surface area contributed by atoms with Gasteiger partial charge in [-0.05, 0) is 36.1 Å². The summed E-state index contributed by atoms with van der Waals surface area (Å²) in [5, 5.41) is 0. The Hall–Kier alpha value is -1.56. The summed E-state index contributed by atoms with van der Waals surface area (Å²) in [4.78, 5) is 0. The van der Waals surface area contributed by atoms with Crippen LogP contribution in [0.15, 0.2) is 36.4 Å². The number of hydrogen-bond donors (Lipinski definition) is 0. The van der Waals surface area contributed by atoms with Gasteiger partial charge in [-0.15, -0.1) is 0 Å². The summed E-state index contributed by atoms with van der Waals surface area (Å²) >= 11 is 0. The Morgan fingerprint density at radius 2 is 1.00 bits per heavy atom. The Morgan fingerprint density at radius 3 is 1.44 bits per heavy atom. The molecule has 0 radical (unpaired) electrons. The molecule has 1 aliphatic rings. The van der Waals surface area contributed by atoms with Crippen molar-refractivity contribution < 1.29 is 0 Å². The van der Waals surface area contributed by atoms with Gasteiger partial charge in [-0.3, -0.25) is 0 Å². The zero-order valence-electron chi connectivity index (χ0n) is 11.6. The van der Waals surface area contributed by atoms with Crippen LogP contribution in [-0.2, 0) is 0 Å².